The van der Waals surface area contributed by atoms with Gasteiger partial charge in [-0.25, -0.2) is 12.7 Å². The molecule has 0 radical (unpaired) electrons. The highest BCUT2D eigenvalue weighted by Gasteiger charge is 2.17. The molecule has 0 aliphatic carbocycles. The molecule has 148 valence electrons. The van der Waals surface area contributed by atoms with Crippen LogP contribution >= 0.6 is 0 Å². The van der Waals surface area contributed by atoms with Gasteiger partial charge in [-0.1, -0.05) is 42.0 Å². The van der Waals surface area contributed by atoms with Crippen LogP contribution in [-0.2, 0) is 16.6 Å². The fourth-order valence-electron chi connectivity index (χ4n) is 2.94. The summed E-state index contributed by atoms with van der Waals surface area (Å²) in [4.78, 5) is 0.296. The van der Waals surface area contributed by atoms with Crippen molar-refractivity contribution >= 4 is 10.0 Å². The van der Waals surface area contributed by atoms with Gasteiger partial charge in [0.05, 0.1) is 16.8 Å². The number of aromatic nitrogens is 2. The Morgan fingerprint density at radius 1 is 1.07 bits per heavy atom. The summed E-state index contributed by atoms with van der Waals surface area (Å²) in [5, 5.41) is 10.8. The molecule has 1 aromatic heterocycles. The Morgan fingerprint density at radius 3 is 2.32 bits per heavy atom. The van der Waals surface area contributed by atoms with Crippen molar-refractivity contribution in [1.82, 2.24) is 19.8 Å². The van der Waals surface area contributed by atoms with E-state index in [-0.39, 0.29) is 6.04 Å². The van der Waals surface area contributed by atoms with Crippen LogP contribution in [0.15, 0.2) is 59.6 Å². The summed E-state index contributed by atoms with van der Waals surface area (Å²) < 4.78 is 25.6. The number of sulfonamides is 1. The molecule has 1 atom stereocenters. The summed E-state index contributed by atoms with van der Waals surface area (Å²) in [7, 11) is -0.343. The Bertz CT molecular complexity index is 1020. The highest BCUT2D eigenvalue weighted by Crippen LogP contribution is 2.23. The highest BCUT2D eigenvalue weighted by atomic mass is 32.2. The van der Waals surface area contributed by atoms with E-state index in [4.69, 9.17) is 0 Å². The number of hydrogen-bond acceptors (Lipinski definition) is 4. The second-order valence-electron chi connectivity index (χ2n) is 7.10. The van der Waals surface area contributed by atoms with Crippen molar-refractivity contribution in [2.45, 2.75) is 31.3 Å². The van der Waals surface area contributed by atoms with Gasteiger partial charge in [0.25, 0.3) is 0 Å². The predicted octanol–water partition coefficient (Wildman–Crippen LogP) is 3.49. The number of hydrogen-bond donors (Lipinski definition) is 2. The Kier molecular flexibility index (Phi) is 5.98. The first-order valence-corrected chi connectivity index (χ1v) is 10.6. The van der Waals surface area contributed by atoms with Gasteiger partial charge in [-0.15, -0.1) is 0 Å². The van der Waals surface area contributed by atoms with Gasteiger partial charge in [-0.05, 0) is 37.1 Å². The molecule has 1 heterocycles. The van der Waals surface area contributed by atoms with Crippen LogP contribution in [0.5, 0.6) is 0 Å². The van der Waals surface area contributed by atoms with E-state index in [1.165, 1.54) is 24.0 Å². The van der Waals surface area contributed by atoms with E-state index in [2.05, 4.69) is 53.6 Å². The molecule has 28 heavy (non-hydrogen) atoms. The molecule has 1 unspecified atom stereocenters. The van der Waals surface area contributed by atoms with Gasteiger partial charge in [0.2, 0.25) is 10.0 Å². The van der Waals surface area contributed by atoms with Crippen molar-refractivity contribution in [2.24, 2.45) is 0 Å². The molecule has 0 fully saturated rings. The Hall–Kier alpha value is -2.48. The zero-order chi connectivity index (χ0) is 20.3. The van der Waals surface area contributed by atoms with Crippen LogP contribution in [0.3, 0.4) is 0 Å². The highest BCUT2D eigenvalue weighted by molar-refractivity contribution is 7.89. The summed E-state index contributed by atoms with van der Waals surface area (Å²) >= 11 is 0. The molecule has 0 aliphatic rings. The lowest BCUT2D eigenvalue weighted by molar-refractivity contribution is 0.520. The molecule has 2 N–H and O–H groups in total. The topological polar surface area (TPSA) is 78.1 Å². The van der Waals surface area contributed by atoms with Gasteiger partial charge in [-0.2, -0.15) is 5.10 Å². The van der Waals surface area contributed by atoms with E-state index in [9.17, 15) is 8.42 Å². The minimum absolute atomic E-state index is 0.0666. The molecule has 0 amide bonds. The molecule has 6 nitrogen and oxygen atoms in total. The second kappa shape index (κ2) is 8.26. The lowest BCUT2D eigenvalue weighted by Gasteiger charge is -2.16. The molecule has 7 heteroatoms. The first-order chi connectivity index (χ1) is 13.3. The minimum Gasteiger partial charge on any atom is -0.306 e. The van der Waals surface area contributed by atoms with Crippen LogP contribution in [-0.4, -0.2) is 37.0 Å². The van der Waals surface area contributed by atoms with Crippen LogP contribution in [0.1, 0.15) is 29.7 Å². The molecule has 3 rings (SSSR count). The Balaban J connectivity index is 1.69. The summed E-state index contributed by atoms with van der Waals surface area (Å²) in [6, 6.07) is 15.4. The van der Waals surface area contributed by atoms with Crippen molar-refractivity contribution in [3.05, 3.63) is 71.4 Å². The van der Waals surface area contributed by atoms with Crippen molar-refractivity contribution in [3.63, 3.8) is 0 Å². The number of benzene rings is 2. The molecular weight excluding hydrogens is 372 g/mol. The molecule has 0 aliphatic heterocycles. The van der Waals surface area contributed by atoms with Crippen molar-refractivity contribution in [1.29, 1.82) is 0 Å². The van der Waals surface area contributed by atoms with E-state index in [0.717, 1.165) is 22.4 Å². The van der Waals surface area contributed by atoms with Crippen LogP contribution < -0.4 is 5.32 Å². The number of H-pyrrole nitrogens is 1. The average molecular weight is 399 g/mol. The predicted molar refractivity (Wildman–Crippen MR) is 111 cm³/mol. The fraction of sp³-hybridized carbons (Fsp3) is 0.286. The van der Waals surface area contributed by atoms with Crippen LogP contribution in [0, 0.1) is 6.92 Å². The second-order valence-corrected chi connectivity index (χ2v) is 9.25. The normalized spacial score (nSPS) is 13.0. The number of aryl methyl sites for hydroxylation is 1. The maximum absolute atomic E-state index is 12.2. The Labute approximate surface area is 166 Å². The third-order valence-corrected chi connectivity index (χ3v) is 6.64. The van der Waals surface area contributed by atoms with E-state index < -0.39 is 10.0 Å². The molecular formula is C21H26N4O2S. The van der Waals surface area contributed by atoms with Gasteiger partial charge >= 0.3 is 0 Å². The third kappa shape index (κ3) is 4.32. The summed E-state index contributed by atoms with van der Waals surface area (Å²) in [5.41, 5.74) is 5.44. The Morgan fingerprint density at radius 2 is 1.71 bits per heavy atom. The van der Waals surface area contributed by atoms with E-state index in [1.807, 2.05) is 18.3 Å². The smallest absolute Gasteiger partial charge is 0.242 e. The number of aromatic amines is 1. The minimum atomic E-state index is -3.41. The average Bonchev–Trinajstić information content (AvgIpc) is 3.15. The first kappa shape index (κ1) is 20.3. The largest absolute Gasteiger partial charge is 0.306 e. The molecule has 0 saturated heterocycles. The molecule has 0 saturated carbocycles. The molecule has 3 aromatic rings. The SMILES string of the molecule is Cc1ccc(-c2[nH]ncc2CNC(C)c2ccc(S(=O)(=O)N(C)C)cc2)cc1. The van der Waals surface area contributed by atoms with Gasteiger partial charge in [0, 0.05) is 32.2 Å². The standard InChI is InChI=1S/C21H26N4O2S/c1-15-5-7-18(8-6-15)21-19(14-23-24-21)13-22-16(2)17-9-11-20(12-10-17)28(26,27)25(3)4/h5-12,14,16,22H,13H2,1-4H3,(H,23,24). The van der Waals surface area contributed by atoms with Gasteiger partial charge < -0.3 is 5.32 Å². The van der Waals surface area contributed by atoms with Crippen molar-refractivity contribution < 1.29 is 8.42 Å². The van der Waals surface area contributed by atoms with Crippen molar-refractivity contribution in [3.8, 4) is 11.3 Å². The quantitative estimate of drug-likeness (QED) is 0.639. The number of nitrogens with zero attached hydrogens (tertiary/aromatic N) is 2. The van der Waals surface area contributed by atoms with E-state index in [0.29, 0.717) is 11.4 Å². The molecule has 2 aromatic carbocycles. The zero-order valence-corrected chi connectivity index (χ0v) is 17.4. The summed E-state index contributed by atoms with van der Waals surface area (Å²) in [5.74, 6) is 0. The van der Waals surface area contributed by atoms with Crippen LogP contribution in [0.4, 0.5) is 0 Å². The van der Waals surface area contributed by atoms with E-state index in [1.54, 1.807) is 12.1 Å². The molecule has 0 bridgehead atoms. The fourth-order valence-corrected chi connectivity index (χ4v) is 3.84. The molecule has 0 spiro atoms. The van der Waals surface area contributed by atoms with Gasteiger partial charge in [0.15, 0.2) is 0 Å². The van der Waals surface area contributed by atoms with Gasteiger partial charge in [-0.3, -0.25) is 5.10 Å². The number of rotatable bonds is 7. The summed E-state index contributed by atoms with van der Waals surface area (Å²) in [6.07, 6.45) is 1.83. The van der Waals surface area contributed by atoms with Gasteiger partial charge in [0.1, 0.15) is 0 Å². The zero-order valence-electron chi connectivity index (χ0n) is 16.6. The lowest BCUT2D eigenvalue weighted by Crippen LogP contribution is -2.22. The first-order valence-electron chi connectivity index (χ1n) is 9.14. The number of nitrogens with one attached hydrogen (secondary N) is 2. The van der Waals surface area contributed by atoms with E-state index >= 15 is 0 Å². The summed E-state index contributed by atoms with van der Waals surface area (Å²) in [6.45, 7) is 4.77. The maximum atomic E-state index is 12.2. The maximum Gasteiger partial charge on any atom is 0.242 e. The van der Waals surface area contributed by atoms with Crippen LogP contribution in [0.25, 0.3) is 11.3 Å². The third-order valence-electron chi connectivity index (χ3n) is 4.82. The monoisotopic (exact) mass is 398 g/mol. The lowest BCUT2D eigenvalue weighted by atomic mass is 10.1. The van der Waals surface area contributed by atoms with Crippen LogP contribution in [0.2, 0.25) is 0 Å². The van der Waals surface area contributed by atoms with Crippen molar-refractivity contribution in [2.75, 3.05) is 14.1 Å².